The van der Waals surface area contributed by atoms with E-state index < -0.39 is 16.2 Å². The van der Waals surface area contributed by atoms with Crippen LogP contribution in [0.15, 0.2) is 273 Å². The fourth-order valence-electron chi connectivity index (χ4n) is 15.1. The lowest BCUT2D eigenvalue weighted by atomic mass is 9.51. The van der Waals surface area contributed by atoms with Crippen molar-refractivity contribution in [1.29, 1.82) is 0 Å². The molecule has 4 aliphatic rings. The molecule has 0 fully saturated rings. The summed E-state index contributed by atoms with van der Waals surface area (Å²) in [6.45, 7) is 0. The lowest BCUT2D eigenvalue weighted by molar-refractivity contribution is 0.620. The zero-order valence-corrected chi connectivity index (χ0v) is 41.3. The third-order valence-corrected chi connectivity index (χ3v) is 17.8. The first-order chi connectivity index (χ1) is 37.7. The van der Waals surface area contributed by atoms with Crippen LogP contribution in [0.25, 0.3) is 72.3 Å². The molecule has 10 aromatic carbocycles. The minimum Gasteiger partial charge on any atom is -0.309 e. The summed E-state index contributed by atoms with van der Waals surface area (Å²) in [5, 5.41) is 2.49. The van der Waals surface area contributed by atoms with Gasteiger partial charge in [-0.25, -0.2) is 0 Å². The van der Waals surface area contributed by atoms with Crippen LogP contribution in [-0.2, 0) is 16.2 Å². The Kier molecular flexibility index (Phi) is 8.34. The van der Waals surface area contributed by atoms with Crippen LogP contribution < -0.4 is 0 Å². The average Bonchev–Trinajstić information content (AvgIpc) is 4.37. The first-order valence-electron chi connectivity index (χ1n) is 26.5. The van der Waals surface area contributed by atoms with E-state index in [1.165, 1.54) is 99.7 Å². The molecule has 0 bridgehead atoms. The standard InChI is InChI=1S/C73H45N3/c1-3-22-48(23-4-1)71(49-24-5-2-6-25-49)60-35-15-16-36-61(60)73(64-43-56-53-29-9-14-34-59(53)72(63(56)44-65(64)71)57-32-12-7-27-51(57)52-28-8-13-33-58(52)72)62-37-20-40-74-69(62)70-66(73)42-47(45-75-70)46-21-19-26-50(41-46)76-67-38-17-10-30-54(67)55-31-11-18-39-68(55)76/h1-45H. The van der Waals surface area contributed by atoms with Gasteiger partial charge in [0.1, 0.15) is 0 Å². The Bertz CT molecular complexity index is 4460. The van der Waals surface area contributed by atoms with Gasteiger partial charge in [-0.1, -0.05) is 218 Å². The number of hydrogen-bond donors (Lipinski definition) is 0. The Morgan fingerprint density at radius 1 is 0.276 bits per heavy atom. The Morgan fingerprint density at radius 2 is 0.763 bits per heavy atom. The van der Waals surface area contributed by atoms with E-state index in [-0.39, 0.29) is 0 Å². The van der Waals surface area contributed by atoms with E-state index in [4.69, 9.17) is 9.97 Å². The molecule has 352 valence electrons. The van der Waals surface area contributed by atoms with Crippen molar-refractivity contribution >= 4 is 21.8 Å². The lowest BCUT2D eigenvalue weighted by Crippen LogP contribution is -2.45. The molecule has 17 rings (SSSR count). The van der Waals surface area contributed by atoms with E-state index in [0.29, 0.717) is 0 Å². The summed E-state index contributed by atoms with van der Waals surface area (Å²) < 4.78 is 2.41. The minimum absolute atomic E-state index is 0.555. The second-order valence-corrected chi connectivity index (χ2v) is 21.0. The molecule has 1 atom stereocenters. The Morgan fingerprint density at radius 3 is 1.39 bits per heavy atom. The van der Waals surface area contributed by atoms with E-state index in [9.17, 15) is 0 Å². The van der Waals surface area contributed by atoms with Crippen molar-refractivity contribution in [1.82, 2.24) is 14.5 Å². The predicted octanol–water partition coefficient (Wildman–Crippen LogP) is 16.6. The van der Waals surface area contributed by atoms with Gasteiger partial charge in [-0.2, -0.15) is 0 Å². The number of rotatable bonds is 4. The van der Waals surface area contributed by atoms with Crippen LogP contribution in [0.1, 0.15) is 66.8 Å². The maximum Gasteiger partial charge on any atom is 0.0937 e. The first-order valence-corrected chi connectivity index (χ1v) is 26.5. The van der Waals surface area contributed by atoms with Crippen LogP contribution in [0.4, 0.5) is 0 Å². The summed E-state index contributed by atoms with van der Waals surface area (Å²) in [6, 6.07) is 98.1. The molecule has 4 aliphatic carbocycles. The second kappa shape index (κ2) is 15.2. The Balaban J connectivity index is 1.01. The zero-order chi connectivity index (χ0) is 49.7. The SMILES string of the molecule is c1ccc(C2(c3ccccc3)c3ccccc3C3(c4cc5c(cc42)C2(c4ccccc4-c4ccccc42)c2ccccc2-5)c2cccnc2-c2ncc(-c4cccc(-n5c6ccccc6c6ccccc65)c4)cc23)cc1. The number of aromatic nitrogens is 3. The molecule has 3 heterocycles. The molecular formula is C73H45N3. The van der Waals surface area contributed by atoms with E-state index in [1.54, 1.807) is 0 Å². The van der Waals surface area contributed by atoms with E-state index >= 15 is 0 Å². The molecule has 2 spiro atoms. The first kappa shape index (κ1) is 41.7. The molecule has 76 heavy (non-hydrogen) atoms. The van der Waals surface area contributed by atoms with Crippen molar-refractivity contribution in [3.05, 3.63) is 340 Å². The highest BCUT2D eigenvalue weighted by Crippen LogP contribution is 2.68. The van der Waals surface area contributed by atoms with Gasteiger partial charge in [0.05, 0.1) is 38.7 Å². The molecule has 0 radical (unpaired) electrons. The Labute approximate surface area is 440 Å². The summed E-state index contributed by atoms with van der Waals surface area (Å²) in [7, 11) is 0. The molecule has 3 nitrogen and oxygen atoms in total. The van der Waals surface area contributed by atoms with E-state index in [2.05, 4.69) is 272 Å². The highest BCUT2D eigenvalue weighted by Gasteiger charge is 2.60. The van der Waals surface area contributed by atoms with Crippen LogP contribution in [-0.4, -0.2) is 14.5 Å². The van der Waals surface area contributed by atoms with Gasteiger partial charge in [0.2, 0.25) is 0 Å². The monoisotopic (exact) mass is 963 g/mol. The highest BCUT2D eigenvalue weighted by atomic mass is 15.0. The molecule has 13 aromatic rings. The third kappa shape index (κ3) is 5.03. The third-order valence-electron chi connectivity index (χ3n) is 17.8. The molecular weight excluding hydrogens is 919 g/mol. The summed E-state index contributed by atoms with van der Waals surface area (Å²) >= 11 is 0. The van der Waals surface area contributed by atoms with Crippen molar-refractivity contribution in [2.24, 2.45) is 0 Å². The van der Waals surface area contributed by atoms with Crippen LogP contribution in [0, 0.1) is 0 Å². The number of benzene rings is 10. The second-order valence-electron chi connectivity index (χ2n) is 21.0. The van der Waals surface area contributed by atoms with Gasteiger partial charge in [0.15, 0.2) is 0 Å². The lowest BCUT2D eigenvalue weighted by Gasteiger charge is -2.50. The maximum atomic E-state index is 5.56. The number of nitrogens with zero attached hydrogens (tertiary/aromatic N) is 3. The molecule has 0 saturated carbocycles. The fourth-order valence-corrected chi connectivity index (χ4v) is 15.1. The average molecular weight is 964 g/mol. The van der Waals surface area contributed by atoms with Gasteiger partial charge >= 0.3 is 0 Å². The maximum absolute atomic E-state index is 5.56. The van der Waals surface area contributed by atoms with Crippen LogP contribution >= 0.6 is 0 Å². The smallest absolute Gasteiger partial charge is 0.0937 e. The van der Waals surface area contributed by atoms with Crippen molar-refractivity contribution in [2.45, 2.75) is 16.2 Å². The van der Waals surface area contributed by atoms with Gasteiger partial charge in [0.25, 0.3) is 0 Å². The van der Waals surface area contributed by atoms with Gasteiger partial charge < -0.3 is 4.57 Å². The summed E-state index contributed by atoms with van der Waals surface area (Å²) in [6.07, 6.45) is 4.02. The van der Waals surface area contributed by atoms with E-state index in [1.807, 2.05) is 6.20 Å². The largest absolute Gasteiger partial charge is 0.309 e. The topological polar surface area (TPSA) is 30.7 Å². The summed E-state index contributed by atoms with van der Waals surface area (Å²) in [5.41, 5.74) is 25.5. The normalized spacial score (nSPS) is 16.2. The van der Waals surface area contributed by atoms with Gasteiger partial charge in [-0.3, -0.25) is 9.97 Å². The van der Waals surface area contributed by atoms with Crippen molar-refractivity contribution < 1.29 is 0 Å². The highest BCUT2D eigenvalue weighted by molar-refractivity contribution is 6.09. The van der Waals surface area contributed by atoms with Crippen molar-refractivity contribution in [3.63, 3.8) is 0 Å². The van der Waals surface area contributed by atoms with Crippen LogP contribution in [0.2, 0.25) is 0 Å². The van der Waals surface area contributed by atoms with Crippen LogP contribution in [0.5, 0.6) is 0 Å². The minimum atomic E-state index is -0.823. The Hall–Kier alpha value is -9.70. The summed E-state index contributed by atoms with van der Waals surface area (Å²) in [4.78, 5) is 10.9. The number of fused-ring (bicyclic) bond motifs is 22. The molecule has 0 amide bonds. The number of para-hydroxylation sites is 2. The molecule has 3 aromatic heterocycles. The zero-order valence-electron chi connectivity index (χ0n) is 41.3. The van der Waals surface area contributed by atoms with Crippen molar-refractivity contribution in [3.8, 4) is 50.5 Å². The van der Waals surface area contributed by atoms with Crippen LogP contribution in [0.3, 0.4) is 0 Å². The number of pyridine rings is 2. The van der Waals surface area contributed by atoms with E-state index in [0.717, 1.165) is 39.3 Å². The fraction of sp³-hybridized carbons (Fsp3) is 0.0411. The molecule has 1 unspecified atom stereocenters. The predicted molar refractivity (Wildman–Crippen MR) is 307 cm³/mol. The van der Waals surface area contributed by atoms with Gasteiger partial charge in [-0.15, -0.1) is 0 Å². The quantitative estimate of drug-likeness (QED) is 0.176. The van der Waals surface area contributed by atoms with Gasteiger partial charge in [0, 0.05) is 40.0 Å². The number of hydrogen-bond acceptors (Lipinski definition) is 2. The van der Waals surface area contributed by atoms with Crippen molar-refractivity contribution in [2.75, 3.05) is 0 Å². The molecule has 3 heteroatoms. The summed E-state index contributed by atoms with van der Waals surface area (Å²) in [5.74, 6) is 0. The van der Waals surface area contributed by atoms with Gasteiger partial charge in [-0.05, 0) is 131 Å². The molecule has 0 N–H and O–H groups in total. The molecule has 0 aliphatic heterocycles. The molecule has 0 saturated heterocycles.